The number of H-pyrrole nitrogens is 1. The molecule has 0 aliphatic heterocycles. The molecule has 1 unspecified atom stereocenters. The molecule has 0 fully saturated rings. The van der Waals surface area contributed by atoms with E-state index < -0.39 is 21.7 Å². The highest BCUT2D eigenvalue weighted by Crippen LogP contribution is 2.26. The van der Waals surface area contributed by atoms with Crippen molar-refractivity contribution in [3.05, 3.63) is 114 Å². The van der Waals surface area contributed by atoms with Gasteiger partial charge in [0.1, 0.15) is 5.82 Å². The third-order valence-corrected chi connectivity index (χ3v) is 7.48. The third-order valence-electron chi connectivity index (χ3n) is 6.10. The van der Waals surface area contributed by atoms with Crippen LogP contribution < -0.4 is 10.0 Å². The molecule has 39 heavy (non-hydrogen) atoms. The van der Waals surface area contributed by atoms with Gasteiger partial charge in [0, 0.05) is 5.56 Å². The Kier molecular flexibility index (Phi) is 7.15. The number of anilines is 1. The van der Waals surface area contributed by atoms with E-state index in [0.717, 1.165) is 46.5 Å². The van der Waals surface area contributed by atoms with E-state index in [9.17, 15) is 17.6 Å². The number of para-hydroxylation sites is 1. The number of sulfonamides is 1. The predicted molar refractivity (Wildman–Crippen MR) is 145 cm³/mol. The van der Waals surface area contributed by atoms with Crippen LogP contribution in [0.25, 0.3) is 22.5 Å². The summed E-state index contributed by atoms with van der Waals surface area (Å²) < 4.78 is 41.2. The minimum Gasteiger partial charge on any atom is -0.345 e. The number of halogens is 1. The molecule has 3 N–H and O–H groups in total. The second-order valence-corrected chi connectivity index (χ2v) is 10.4. The number of carbonyl (C=O) groups is 1. The summed E-state index contributed by atoms with van der Waals surface area (Å²) in [6.07, 6.45) is 0. The summed E-state index contributed by atoms with van der Waals surface area (Å²) in [6, 6.07) is 25.9. The minimum absolute atomic E-state index is 0.114. The lowest BCUT2D eigenvalue weighted by molar-refractivity contribution is 0.0941. The zero-order chi connectivity index (χ0) is 27.4. The number of aromatic nitrogens is 4. The Morgan fingerprint density at radius 3 is 2.31 bits per heavy atom. The quantitative estimate of drug-likeness (QED) is 0.254. The molecular formula is C28H23FN6O3S. The number of aromatic amines is 1. The number of nitrogens with zero attached hydrogens (tertiary/aromatic N) is 3. The Labute approximate surface area is 224 Å². The standard InChI is InChI=1S/C28H23FN6O3S/c1-18(19-9-11-20(12-10-19)21-5-4-6-22(17-21)27-31-34-35-32-27)30-28(36)25-7-2-3-8-26(25)33-39(37,38)24-15-13-23(29)14-16-24/h2-18,33H,1H3,(H,30,36)(H,31,32,34,35). The van der Waals surface area contributed by atoms with Gasteiger partial charge in [-0.2, -0.15) is 5.21 Å². The highest BCUT2D eigenvalue weighted by Gasteiger charge is 2.20. The van der Waals surface area contributed by atoms with Crippen LogP contribution in [0, 0.1) is 5.82 Å². The van der Waals surface area contributed by atoms with Crippen molar-refractivity contribution in [1.29, 1.82) is 0 Å². The van der Waals surface area contributed by atoms with Crippen LogP contribution in [0.5, 0.6) is 0 Å². The molecule has 0 radical (unpaired) electrons. The maximum absolute atomic E-state index is 13.2. The van der Waals surface area contributed by atoms with Gasteiger partial charge in [0.25, 0.3) is 15.9 Å². The largest absolute Gasteiger partial charge is 0.345 e. The fourth-order valence-electron chi connectivity index (χ4n) is 4.03. The lowest BCUT2D eigenvalue weighted by atomic mass is 9.99. The second-order valence-electron chi connectivity index (χ2n) is 8.74. The SMILES string of the molecule is CC(NC(=O)c1ccccc1NS(=O)(=O)c1ccc(F)cc1)c1ccc(-c2cccc(-c3nn[nH]n3)c2)cc1. The first-order chi connectivity index (χ1) is 18.8. The van der Waals surface area contributed by atoms with E-state index in [-0.39, 0.29) is 22.2 Å². The van der Waals surface area contributed by atoms with Crippen LogP contribution >= 0.6 is 0 Å². The van der Waals surface area contributed by atoms with Crippen molar-refractivity contribution in [3.8, 4) is 22.5 Å². The molecule has 196 valence electrons. The molecule has 0 spiro atoms. The number of carbonyl (C=O) groups excluding carboxylic acids is 1. The molecule has 0 aliphatic carbocycles. The first-order valence-electron chi connectivity index (χ1n) is 11.9. The molecule has 1 amide bonds. The molecule has 1 atom stereocenters. The van der Waals surface area contributed by atoms with Crippen LogP contribution in [0.3, 0.4) is 0 Å². The van der Waals surface area contributed by atoms with E-state index in [1.54, 1.807) is 12.1 Å². The molecular weight excluding hydrogens is 519 g/mol. The number of nitrogens with one attached hydrogen (secondary N) is 3. The van der Waals surface area contributed by atoms with E-state index >= 15 is 0 Å². The summed E-state index contributed by atoms with van der Waals surface area (Å²) in [6.45, 7) is 1.84. The smallest absolute Gasteiger partial charge is 0.261 e. The molecule has 0 saturated heterocycles. The summed E-state index contributed by atoms with van der Waals surface area (Å²) in [5.74, 6) is -0.491. The van der Waals surface area contributed by atoms with Crippen LogP contribution in [0.1, 0.15) is 28.9 Å². The van der Waals surface area contributed by atoms with Gasteiger partial charge in [0.05, 0.1) is 22.2 Å². The zero-order valence-corrected chi connectivity index (χ0v) is 21.5. The number of amides is 1. The molecule has 4 aromatic carbocycles. The van der Waals surface area contributed by atoms with Crippen molar-refractivity contribution in [2.45, 2.75) is 17.9 Å². The van der Waals surface area contributed by atoms with Crippen molar-refractivity contribution < 1.29 is 17.6 Å². The molecule has 0 saturated carbocycles. The van der Waals surface area contributed by atoms with Crippen molar-refractivity contribution >= 4 is 21.6 Å². The average Bonchev–Trinajstić information content (AvgIpc) is 3.49. The average molecular weight is 543 g/mol. The minimum atomic E-state index is -4.03. The zero-order valence-electron chi connectivity index (χ0n) is 20.7. The van der Waals surface area contributed by atoms with E-state index in [2.05, 4.69) is 30.7 Å². The van der Waals surface area contributed by atoms with Gasteiger partial charge in [-0.05, 0) is 71.3 Å². The van der Waals surface area contributed by atoms with Crippen LogP contribution in [0.2, 0.25) is 0 Å². The van der Waals surface area contributed by atoms with Gasteiger partial charge in [-0.25, -0.2) is 12.8 Å². The third kappa shape index (κ3) is 5.83. The van der Waals surface area contributed by atoms with Gasteiger partial charge in [0.15, 0.2) is 0 Å². The molecule has 5 rings (SSSR count). The summed E-state index contributed by atoms with van der Waals surface area (Å²) in [7, 11) is -4.03. The fourth-order valence-corrected chi connectivity index (χ4v) is 5.11. The number of rotatable bonds is 8. The van der Waals surface area contributed by atoms with Crippen LogP contribution in [0.15, 0.2) is 102 Å². The maximum atomic E-state index is 13.2. The lowest BCUT2D eigenvalue weighted by Crippen LogP contribution is -2.28. The lowest BCUT2D eigenvalue weighted by Gasteiger charge is -2.17. The molecule has 5 aromatic rings. The Morgan fingerprint density at radius 2 is 1.59 bits per heavy atom. The molecule has 1 aromatic heterocycles. The monoisotopic (exact) mass is 542 g/mol. The van der Waals surface area contributed by atoms with Crippen molar-refractivity contribution in [3.63, 3.8) is 0 Å². The maximum Gasteiger partial charge on any atom is 0.261 e. The van der Waals surface area contributed by atoms with Crippen LogP contribution in [-0.2, 0) is 10.0 Å². The molecule has 0 bridgehead atoms. The number of hydrogen-bond donors (Lipinski definition) is 3. The predicted octanol–water partition coefficient (Wildman–Crippen LogP) is 4.96. The number of benzene rings is 4. The Balaban J connectivity index is 1.30. The van der Waals surface area contributed by atoms with Crippen molar-refractivity contribution in [2.24, 2.45) is 0 Å². The summed E-state index contributed by atoms with van der Waals surface area (Å²) in [5, 5.41) is 17.0. The highest BCUT2D eigenvalue weighted by molar-refractivity contribution is 7.92. The second kappa shape index (κ2) is 10.8. The first-order valence-corrected chi connectivity index (χ1v) is 13.4. The van der Waals surface area contributed by atoms with Gasteiger partial charge in [-0.3, -0.25) is 9.52 Å². The van der Waals surface area contributed by atoms with E-state index in [1.807, 2.05) is 55.5 Å². The summed E-state index contributed by atoms with van der Waals surface area (Å²) in [4.78, 5) is 13.0. The normalized spacial score (nSPS) is 12.1. The molecule has 0 aliphatic rings. The van der Waals surface area contributed by atoms with Gasteiger partial charge < -0.3 is 5.32 Å². The van der Waals surface area contributed by atoms with Crippen LogP contribution in [0.4, 0.5) is 10.1 Å². The molecule has 9 nitrogen and oxygen atoms in total. The first kappa shape index (κ1) is 25.7. The Morgan fingerprint density at radius 1 is 0.872 bits per heavy atom. The Hall–Kier alpha value is -4.90. The Bertz CT molecular complexity index is 1710. The van der Waals surface area contributed by atoms with Crippen molar-refractivity contribution in [2.75, 3.05) is 4.72 Å². The van der Waals surface area contributed by atoms with E-state index in [0.29, 0.717) is 5.82 Å². The number of hydrogen-bond acceptors (Lipinski definition) is 6. The highest BCUT2D eigenvalue weighted by atomic mass is 32.2. The van der Waals surface area contributed by atoms with Gasteiger partial charge in [-0.1, -0.05) is 54.6 Å². The van der Waals surface area contributed by atoms with Gasteiger partial charge in [0.2, 0.25) is 5.82 Å². The van der Waals surface area contributed by atoms with Gasteiger partial charge in [-0.15, -0.1) is 10.2 Å². The molecule has 11 heteroatoms. The fraction of sp³-hybridized carbons (Fsp3) is 0.0714. The van der Waals surface area contributed by atoms with E-state index in [1.165, 1.54) is 12.1 Å². The van der Waals surface area contributed by atoms with E-state index in [4.69, 9.17) is 0 Å². The summed E-state index contributed by atoms with van der Waals surface area (Å²) in [5.41, 5.74) is 3.92. The molecule has 1 heterocycles. The topological polar surface area (TPSA) is 130 Å². The summed E-state index contributed by atoms with van der Waals surface area (Å²) >= 11 is 0. The van der Waals surface area contributed by atoms with Gasteiger partial charge >= 0.3 is 0 Å². The number of tetrazole rings is 1. The van der Waals surface area contributed by atoms with Crippen LogP contribution in [-0.4, -0.2) is 34.9 Å². The van der Waals surface area contributed by atoms with Crippen molar-refractivity contribution in [1.82, 2.24) is 25.9 Å².